The minimum absolute atomic E-state index is 0. The Morgan fingerprint density at radius 1 is 0.625 bits per heavy atom. The van der Waals surface area contributed by atoms with E-state index < -0.39 is 23.7 Å². The standard InChI is InChI=1S/C30H17F6N11.Pt/c31-29(32,33)21-10-16-45(43-21)27-19(25-37-12-13-38-25)6-8-23(41-27)47(18-4-2-1-3-5-18)24-9-7-20(26-39-14-15-40-26)28(42-24)46-17-11-22(44-46)30(34,35)36;/h1-15H,(H,37,38)(H,39,40);/q-2;+2. The predicted octanol–water partition coefficient (Wildman–Crippen LogP) is 6.73. The maximum absolute atomic E-state index is 13.5. The Balaban J connectivity index is 0.00000401. The Hall–Kier alpha value is -5.57. The van der Waals surface area contributed by atoms with Crippen molar-refractivity contribution < 1.29 is 47.4 Å². The van der Waals surface area contributed by atoms with Crippen molar-refractivity contribution in [3.05, 3.63) is 115 Å². The first-order valence-corrected chi connectivity index (χ1v) is 13.5. The second-order valence-corrected chi connectivity index (χ2v) is 9.76. The maximum Gasteiger partial charge on any atom is 2.00 e. The molecule has 0 saturated heterocycles. The fraction of sp³-hybridized carbons (Fsp3) is 0.0667. The van der Waals surface area contributed by atoms with Crippen LogP contribution in [-0.4, -0.2) is 49.5 Å². The summed E-state index contributed by atoms with van der Waals surface area (Å²) >= 11 is 0. The summed E-state index contributed by atoms with van der Waals surface area (Å²) in [6.07, 6.45) is 1.51. The van der Waals surface area contributed by atoms with E-state index in [0.717, 1.165) is 9.36 Å². The molecule has 0 atom stereocenters. The van der Waals surface area contributed by atoms with E-state index in [-0.39, 0.29) is 44.3 Å². The van der Waals surface area contributed by atoms with Crippen molar-refractivity contribution in [3.8, 4) is 34.4 Å². The van der Waals surface area contributed by atoms with Crippen LogP contribution in [0, 0.1) is 12.4 Å². The smallest absolute Gasteiger partial charge is 0.345 e. The first kappa shape index (κ1) is 32.4. The molecule has 18 heteroatoms. The Bertz CT molecular complexity index is 2000. The molecular weight excluding hydrogens is 823 g/mol. The van der Waals surface area contributed by atoms with E-state index in [2.05, 4.69) is 52.5 Å². The molecule has 48 heavy (non-hydrogen) atoms. The molecule has 0 amide bonds. The third-order valence-electron chi connectivity index (χ3n) is 6.74. The van der Waals surface area contributed by atoms with Gasteiger partial charge in [0.25, 0.3) is 0 Å². The van der Waals surface area contributed by atoms with E-state index in [1.165, 1.54) is 12.4 Å². The van der Waals surface area contributed by atoms with Crippen molar-refractivity contribution in [1.82, 2.24) is 49.5 Å². The van der Waals surface area contributed by atoms with Crippen LogP contribution in [0.15, 0.2) is 91.5 Å². The predicted molar refractivity (Wildman–Crippen MR) is 154 cm³/mol. The molecule has 2 N–H and O–H groups in total. The number of benzene rings is 1. The number of para-hydroxylation sites is 1. The quantitative estimate of drug-likeness (QED) is 0.135. The number of halogens is 6. The van der Waals surface area contributed by atoms with Crippen molar-refractivity contribution in [2.45, 2.75) is 12.4 Å². The molecule has 0 bridgehead atoms. The van der Waals surface area contributed by atoms with Gasteiger partial charge in [-0.15, -0.1) is 12.1 Å². The molecule has 6 heterocycles. The minimum atomic E-state index is -4.73. The summed E-state index contributed by atoms with van der Waals surface area (Å²) < 4.78 is 82.7. The summed E-state index contributed by atoms with van der Waals surface area (Å²) in [5, 5.41) is 7.33. The van der Waals surface area contributed by atoms with Crippen molar-refractivity contribution in [3.63, 3.8) is 0 Å². The molecule has 0 aliphatic carbocycles. The maximum atomic E-state index is 13.5. The summed E-state index contributed by atoms with van der Waals surface area (Å²) in [6, 6.07) is 16.5. The topological polar surface area (TPSA) is 122 Å². The van der Waals surface area contributed by atoms with Crippen LogP contribution in [0.3, 0.4) is 0 Å². The largest absolute Gasteiger partial charge is 2.00 e. The molecule has 0 radical (unpaired) electrons. The van der Waals surface area contributed by atoms with Gasteiger partial charge in [0.1, 0.15) is 23.3 Å². The van der Waals surface area contributed by atoms with E-state index >= 15 is 0 Å². The molecule has 0 aliphatic rings. The zero-order valence-electron chi connectivity index (χ0n) is 23.8. The Morgan fingerprint density at radius 2 is 1.08 bits per heavy atom. The van der Waals surface area contributed by atoms with Crippen LogP contribution in [0.25, 0.3) is 34.4 Å². The van der Waals surface area contributed by atoms with Gasteiger partial charge >= 0.3 is 33.4 Å². The summed E-state index contributed by atoms with van der Waals surface area (Å²) in [6.45, 7) is 0. The molecule has 244 valence electrons. The van der Waals surface area contributed by atoms with E-state index in [1.807, 2.05) is 0 Å². The van der Waals surface area contributed by atoms with Gasteiger partial charge in [-0.1, -0.05) is 42.7 Å². The van der Waals surface area contributed by atoms with Gasteiger partial charge < -0.3 is 19.3 Å². The molecule has 0 saturated carbocycles. The molecule has 6 aromatic heterocycles. The molecule has 0 spiro atoms. The van der Waals surface area contributed by atoms with E-state index in [0.29, 0.717) is 40.6 Å². The Morgan fingerprint density at radius 3 is 1.46 bits per heavy atom. The minimum Gasteiger partial charge on any atom is -0.345 e. The number of pyridine rings is 2. The number of nitrogens with zero attached hydrogens (tertiary/aromatic N) is 9. The average molecular weight is 841 g/mol. The molecule has 0 fully saturated rings. The number of nitrogens with one attached hydrogen (secondary N) is 2. The Labute approximate surface area is 280 Å². The van der Waals surface area contributed by atoms with Crippen molar-refractivity contribution >= 4 is 17.3 Å². The normalized spacial score (nSPS) is 11.8. The van der Waals surface area contributed by atoms with Gasteiger partial charge in [-0.3, -0.25) is 25.1 Å². The van der Waals surface area contributed by atoms with Crippen LogP contribution >= 0.6 is 0 Å². The number of hydrogen-bond acceptors (Lipinski definition) is 7. The number of alkyl halides is 6. The van der Waals surface area contributed by atoms with Crippen LogP contribution < -0.4 is 4.90 Å². The van der Waals surface area contributed by atoms with Crippen molar-refractivity contribution in [1.29, 1.82) is 0 Å². The summed E-state index contributed by atoms with van der Waals surface area (Å²) in [7, 11) is 0. The second kappa shape index (κ2) is 12.6. The number of H-pyrrole nitrogens is 2. The number of aromatic amines is 2. The zero-order chi connectivity index (χ0) is 32.8. The second-order valence-electron chi connectivity index (χ2n) is 9.76. The monoisotopic (exact) mass is 840 g/mol. The summed E-state index contributed by atoms with van der Waals surface area (Å²) in [5.74, 6) is 0.863. The van der Waals surface area contributed by atoms with Gasteiger partial charge in [-0.25, -0.2) is 9.97 Å². The fourth-order valence-corrected chi connectivity index (χ4v) is 4.67. The van der Waals surface area contributed by atoms with E-state index in [9.17, 15) is 26.3 Å². The number of hydrogen-bond donors (Lipinski definition) is 2. The van der Waals surface area contributed by atoms with Gasteiger partial charge in [-0.05, 0) is 24.3 Å². The van der Waals surface area contributed by atoms with E-state index in [4.69, 9.17) is 0 Å². The third-order valence-corrected chi connectivity index (χ3v) is 6.74. The molecule has 1 aromatic carbocycles. The number of anilines is 3. The van der Waals surface area contributed by atoms with Gasteiger partial charge in [-0.2, -0.15) is 26.3 Å². The van der Waals surface area contributed by atoms with Crippen LogP contribution in [0.1, 0.15) is 11.4 Å². The molecule has 7 rings (SSSR count). The molecular formula is C30H17F6N11Pt. The van der Waals surface area contributed by atoms with Gasteiger partial charge in [0.2, 0.25) is 0 Å². The van der Waals surface area contributed by atoms with Crippen molar-refractivity contribution in [2.24, 2.45) is 0 Å². The fourth-order valence-electron chi connectivity index (χ4n) is 4.67. The number of rotatable bonds is 7. The average Bonchev–Trinajstić information content (AvgIpc) is 3.88. The zero-order valence-corrected chi connectivity index (χ0v) is 26.0. The third kappa shape index (κ3) is 6.23. The summed E-state index contributed by atoms with van der Waals surface area (Å²) in [4.78, 5) is 25.2. The van der Waals surface area contributed by atoms with Crippen molar-refractivity contribution in [2.75, 3.05) is 4.90 Å². The van der Waals surface area contributed by atoms with Gasteiger partial charge in [0.05, 0.1) is 23.0 Å². The molecule has 11 nitrogen and oxygen atoms in total. The van der Waals surface area contributed by atoms with Gasteiger partial charge in [0, 0.05) is 41.6 Å². The Kier molecular flexibility index (Phi) is 8.47. The first-order chi connectivity index (χ1) is 22.6. The number of imidazole rings is 2. The summed E-state index contributed by atoms with van der Waals surface area (Å²) in [5.41, 5.74) is -1.21. The molecule has 0 aliphatic heterocycles. The first-order valence-electron chi connectivity index (χ1n) is 13.5. The number of aromatic nitrogens is 10. The van der Waals surface area contributed by atoms with Gasteiger partial charge in [0.15, 0.2) is 0 Å². The van der Waals surface area contributed by atoms with Crippen LogP contribution in [0.4, 0.5) is 43.7 Å². The SMILES string of the molecule is FC(F)(F)c1c[c-]n(-c2nc(N(c3ccccc3)c3ccc(-c4ncc[nH]4)c(-n4[c-]cc(C(F)(F)F)n4)n3)ccc2-c2ncc[nH]2)n1.[Pt+2]. The molecule has 0 unspecified atom stereocenters. The molecule has 7 aromatic rings. The van der Waals surface area contributed by atoms with Crippen LogP contribution in [0.5, 0.6) is 0 Å². The van der Waals surface area contributed by atoms with Crippen LogP contribution in [-0.2, 0) is 33.4 Å². The van der Waals surface area contributed by atoms with Crippen LogP contribution in [0.2, 0.25) is 0 Å². The van der Waals surface area contributed by atoms with E-state index in [1.54, 1.807) is 71.9 Å².